The number of aliphatic hydroxyl groups excluding tert-OH is 1. The number of amides is 1. The minimum Gasteiger partial charge on any atom is -0.465 e. The second kappa shape index (κ2) is 6.02. The molecule has 0 saturated heterocycles. The summed E-state index contributed by atoms with van der Waals surface area (Å²) in [4.78, 5) is 13.0. The summed E-state index contributed by atoms with van der Waals surface area (Å²) in [5, 5.41) is 20.0. The van der Waals surface area contributed by atoms with Crippen molar-refractivity contribution in [3.8, 4) is 0 Å². The van der Waals surface area contributed by atoms with Gasteiger partial charge in [0.25, 0.3) is 0 Å². The third-order valence-electron chi connectivity index (χ3n) is 3.48. The summed E-state index contributed by atoms with van der Waals surface area (Å²) in [6, 6.07) is 9.09. The Kier molecular flexibility index (Phi) is 5.05. The molecule has 0 aromatic heterocycles. The highest BCUT2D eigenvalue weighted by molar-refractivity contribution is 6.18. The van der Waals surface area contributed by atoms with Gasteiger partial charge in [-0.15, -0.1) is 11.6 Å². The number of benzene rings is 1. The van der Waals surface area contributed by atoms with Gasteiger partial charge in [0.2, 0.25) is 0 Å². The summed E-state index contributed by atoms with van der Waals surface area (Å²) in [5.74, 6) is -0.0503. The van der Waals surface area contributed by atoms with E-state index in [0.29, 0.717) is 5.56 Å². The SMILES string of the molecule is CC(C)(C)N(C(=O)O)[C@@](C)(c1ccccc1)[C@@H](O)CCl. The second-order valence-electron chi connectivity index (χ2n) is 5.97. The van der Waals surface area contributed by atoms with Crippen molar-refractivity contribution in [1.29, 1.82) is 0 Å². The van der Waals surface area contributed by atoms with E-state index in [9.17, 15) is 15.0 Å². The predicted molar refractivity (Wildman–Crippen MR) is 80.1 cm³/mol. The lowest BCUT2D eigenvalue weighted by Gasteiger charge is -2.49. The minimum absolute atomic E-state index is 0.0503. The average molecular weight is 300 g/mol. The number of carbonyl (C=O) groups is 1. The van der Waals surface area contributed by atoms with Crippen molar-refractivity contribution in [2.45, 2.75) is 44.9 Å². The first-order valence-electron chi connectivity index (χ1n) is 6.48. The molecule has 1 rings (SSSR count). The molecule has 0 fully saturated rings. The van der Waals surface area contributed by atoms with E-state index in [-0.39, 0.29) is 5.88 Å². The Morgan fingerprint density at radius 2 is 1.75 bits per heavy atom. The maximum atomic E-state index is 11.8. The molecule has 0 radical (unpaired) electrons. The van der Waals surface area contributed by atoms with Crippen LogP contribution in [0.2, 0.25) is 0 Å². The molecule has 2 atom stereocenters. The van der Waals surface area contributed by atoms with Crippen LogP contribution >= 0.6 is 11.6 Å². The lowest BCUT2D eigenvalue weighted by molar-refractivity contribution is -0.0457. The molecule has 0 saturated carbocycles. The molecule has 0 spiro atoms. The van der Waals surface area contributed by atoms with Gasteiger partial charge < -0.3 is 10.2 Å². The van der Waals surface area contributed by atoms with E-state index in [1.54, 1.807) is 39.8 Å². The average Bonchev–Trinajstić information content (AvgIpc) is 2.36. The van der Waals surface area contributed by atoms with Crippen LogP contribution in [0, 0.1) is 0 Å². The number of hydrogen-bond donors (Lipinski definition) is 2. The summed E-state index contributed by atoms with van der Waals surface area (Å²) >= 11 is 5.82. The van der Waals surface area contributed by atoms with E-state index in [1.807, 2.05) is 18.2 Å². The molecular formula is C15H22ClNO3. The fraction of sp³-hybridized carbons (Fsp3) is 0.533. The van der Waals surface area contributed by atoms with Crippen LogP contribution in [0.5, 0.6) is 0 Å². The van der Waals surface area contributed by atoms with Crippen molar-refractivity contribution in [2.24, 2.45) is 0 Å². The van der Waals surface area contributed by atoms with E-state index in [0.717, 1.165) is 0 Å². The molecular weight excluding hydrogens is 278 g/mol. The first-order valence-corrected chi connectivity index (χ1v) is 7.02. The molecule has 1 amide bonds. The molecule has 4 nitrogen and oxygen atoms in total. The van der Waals surface area contributed by atoms with Gasteiger partial charge in [0.05, 0.1) is 17.5 Å². The third-order valence-corrected chi connectivity index (χ3v) is 3.77. The van der Waals surface area contributed by atoms with Crippen molar-refractivity contribution in [2.75, 3.05) is 5.88 Å². The monoisotopic (exact) mass is 299 g/mol. The topological polar surface area (TPSA) is 60.8 Å². The first kappa shape index (κ1) is 16.8. The van der Waals surface area contributed by atoms with Crippen LogP contribution in [-0.2, 0) is 5.54 Å². The highest BCUT2D eigenvalue weighted by Crippen LogP contribution is 2.37. The van der Waals surface area contributed by atoms with Gasteiger partial charge >= 0.3 is 6.09 Å². The third kappa shape index (κ3) is 3.07. The van der Waals surface area contributed by atoms with Crippen LogP contribution in [0.15, 0.2) is 30.3 Å². The van der Waals surface area contributed by atoms with Gasteiger partial charge in [-0.1, -0.05) is 30.3 Å². The lowest BCUT2D eigenvalue weighted by atomic mass is 9.82. The summed E-state index contributed by atoms with van der Waals surface area (Å²) in [5.41, 5.74) is -1.08. The first-order chi connectivity index (χ1) is 9.15. The number of hydrogen-bond acceptors (Lipinski definition) is 2. The van der Waals surface area contributed by atoms with E-state index in [1.165, 1.54) is 4.90 Å². The number of carboxylic acid groups (broad SMARTS) is 1. The summed E-state index contributed by atoms with van der Waals surface area (Å²) in [6.45, 7) is 7.09. The van der Waals surface area contributed by atoms with Crippen LogP contribution in [0.25, 0.3) is 0 Å². The van der Waals surface area contributed by atoms with E-state index in [2.05, 4.69) is 0 Å². The second-order valence-corrected chi connectivity index (χ2v) is 6.28. The fourth-order valence-electron chi connectivity index (χ4n) is 2.58. The van der Waals surface area contributed by atoms with Gasteiger partial charge in [-0.05, 0) is 33.3 Å². The van der Waals surface area contributed by atoms with Crippen LogP contribution < -0.4 is 0 Å². The molecule has 0 aliphatic heterocycles. The molecule has 1 aromatic rings. The van der Waals surface area contributed by atoms with Gasteiger partial charge in [0.1, 0.15) is 0 Å². The van der Waals surface area contributed by atoms with Gasteiger partial charge in [-0.2, -0.15) is 0 Å². The van der Waals surface area contributed by atoms with Gasteiger partial charge in [-0.25, -0.2) is 4.79 Å². The number of halogens is 1. The molecule has 0 unspecified atom stereocenters. The summed E-state index contributed by atoms with van der Waals surface area (Å²) in [6.07, 6.45) is -2.10. The Morgan fingerprint density at radius 3 is 2.10 bits per heavy atom. The van der Waals surface area contributed by atoms with Crippen LogP contribution in [0.1, 0.15) is 33.3 Å². The van der Waals surface area contributed by atoms with E-state index < -0.39 is 23.3 Å². The lowest BCUT2D eigenvalue weighted by Crippen LogP contribution is -2.61. The van der Waals surface area contributed by atoms with Crippen molar-refractivity contribution >= 4 is 17.7 Å². The molecule has 0 aliphatic rings. The fourth-order valence-corrected chi connectivity index (χ4v) is 2.88. The van der Waals surface area contributed by atoms with Crippen molar-refractivity contribution in [3.63, 3.8) is 0 Å². The van der Waals surface area contributed by atoms with Gasteiger partial charge in [-0.3, -0.25) is 4.90 Å². The Bertz CT molecular complexity index is 458. The van der Waals surface area contributed by atoms with E-state index in [4.69, 9.17) is 11.6 Å². The predicted octanol–water partition coefficient (Wildman–Crippen LogP) is 3.28. The Hall–Kier alpha value is -1.26. The maximum Gasteiger partial charge on any atom is 0.408 e. The molecule has 5 heteroatoms. The smallest absolute Gasteiger partial charge is 0.408 e. The summed E-state index contributed by atoms with van der Waals surface area (Å²) in [7, 11) is 0. The number of rotatable bonds is 4. The zero-order chi connectivity index (χ0) is 15.6. The molecule has 0 bridgehead atoms. The van der Waals surface area contributed by atoms with Gasteiger partial charge in [0, 0.05) is 5.54 Å². The zero-order valence-electron chi connectivity index (χ0n) is 12.3. The largest absolute Gasteiger partial charge is 0.465 e. The Balaban J connectivity index is 3.49. The molecule has 0 aliphatic carbocycles. The molecule has 1 aromatic carbocycles. The highest BCUT2D eigenvalue weighted by Gasteiger charge is 2.47. The molecule has 112 valence electrons. The zero-order valence-corrected chi connectivity index (χ0v) is 13.1. The Morgan fingerprint density at radius 1 is 1.25 bits per heavy atom. The standard InChI is InChI=1S/C15H22ClNO3/c1-14(2,3)17(13(19)20)15(4,12(18)10-16)11-8-6-5-7-9-11/h5-9,12,18H,10H2,1-4H3,(H,19,20)/t12-,15-/m0/s1. The van der Waals surface area contributed by atoms with E-state index >= 15 is 0 Å². The van der Waals surface area contributed by atoms with Crippen molar-refractivity contribution in [3.05, 3.63) is 35.9 Å². The van der Waals surface area contributed by atoms with Crippen LogP contribution in [0.4, 0.5) is 4.79 Å². The summed E-state index contributed by atoms with van der Waals surface area (Å²) < 4.78 is 0. The maximum absolute atomic E-state index is 11.8. The van der Waals surface area contributed by atoms with Crippen LogP contribution in [0.3, 0.4) is 0 Å². The van der Waals surface area contributed by atoms with Crippen molar-refractivity contribution in [1.82, 2.24) is 4.90 Å². The molecule has 20 heavy (non-hydrogen) atoms. The normalized spacial score (nSPS) is 16.3. The number of aliphatic hydroxyl groups is 1. The van der Waals surface area contributed by atoms with Crippen LogP contribution in [-0.4, -0.2) is 38.7 Å². The van der Waals surface area contributed by atoms with Gasteiger partial charge in [0.15, 0.2) is 0 Å². The minimum atomic E-state index is -1.12. The highest BCUT2D eigenvalue weighted by atomic mass is 35.5. The van der Waals surface area contributed by atoms with Crippen molar-refractivity contribution < 1.29 is 15.0 Å². The Labute approximate surface area is 125 Å². The molecule has 0 heterocycles. The number of alkyl halides is 1. The molecule has 2 N–H and O–H groups in total. The number of nitrogens with zero attached hydrogens (tertiary/aromatic N) is 1. The quantitative estimate of drug-likeness (QED) is 0.839.